The van der Waals surface area contributed by atoms with E-state index >= 15 is 0 Å². The molecule has 0 spiro atoms. The Labute approximate surface area is 148 Å². The van der Waals surface area contributed by atoms with Crippen LogP contribution in [0, 0.1) is 0 Å². The molecule has 0 aromatic carbocycles. The van der Waals surface area contributed by atoms with Gasteiger partial charge in [0.05, 0.1) is 18.2 Å². The van der Waals surface area contributed by atoms with Crippen molar-refractivity contribution < 1.29 is 17.9 Å². The molecule has 136 valence electrons. The molecule has 2 heterocycles. The van der Waals surface area contributed by atoms with Crippen LogP contribution in [-0.2, 0) is 6.18 Å². The van der Waals surface area contributed by atoms with Crippen molar-refractivity contribution in [1.82, 2.24) is 15.6 Å². The molecule has 2 rings (SSSR count). The summed E-state index contributed by atoms with van der Waals surface area (Å²) in [5.74, 6) is 0.759. The molecular weight excluding hydrogens is 353 g/mol. The summed E-state index contributed by atoms with van der Waals surface area (Å²) >= 11 is 1.65. The second kappa shape index (κ2) is 8.70. The largest absolute Gasteiger partial charge is 0.476 e. The number of rotatable bonds is 6. The summed E-state index contributed by atoms with van der Waals surface area (Å²) in [6, 6.07) is 6.28. The van der Waals surface area contributed by atoms with E-state index in [2.05, 4.69) is 20.6 Å². The Balaban J connectivity index is 1.74. The maximum Gasteiger partial charge on any atom is 0.417 e. The summed E-state index contributed by atoms with van der Waals surface area (Å²) in [5.41, 5.74) is -0.801. The fourth-order valence-electron chi connectivity index (χ4n) is 1.97. The van der Waals surface area contributed by atoms with Crippen molar-refractivity contribution in [2.45, 2.75) is 19.1 Å². The van der Waals surface area contributed by atoms with Crippen molar-refractivity contribution in [3.63, 3.8) is 0 Å². The maximum absolute atomic E-state index is 12.4. The number of halogens is 3. The molecular formula is C16H19F3N4OS. The van der Waals surface area contributed by atoms with E-state index < -0.39 is 11.7 Å². The second-order valence-corrected chi connectivity index (χ2v) is 6.09. The average Bonchev–Trinajstić information content (AvgIpc) is 3.11. The number of ether oxygens (including phenoxy) is 1. The highest BCUT2D eigenvalue weighted by Crippen LogP contribution is 2.29. The molecule has 0 aliphatic carbocycles. The third-order valence-electron chi connectivity index (χ3n) is 3.25. The number of thiophene rings is 1. The minimum absolute atomic E-state index is 0.115. The van der Waals surface area contributed by atoms with Gasteiger partial charge in [-0.1, -0.05) is 6.07 Å². The highest BCUT2D eigenvalue weighted by atomic mass is 32.1. The molecule has 25 heavy (non-hydrogen) atoms. The standard InChI is InChI=1S/C16H19F3N4OS/c1-11(13-4-3-9-25-13)23-15(20-2)21-7-8-24-14-6-5-12(10-22-14)16(17,18)19/h3-6,9-11H,7-8H2,1-2H3,(H2,20,21,23). The van der Waals surface area contributed by atoms with Gasteiger partial charge in [-0.15, -0.1) is 11.3 Å². The number of aliphatic imine (C=N–C) groups is 1. The number of pyridine rings is 1. The Hall–Kier alpha value is -2.29. The van der Waals surface area contributed by atoms with Gasteiger partial charge >= 0.3 is 6.18 Å². The quantitative estimate of drug-likeness (QED) is 0.463. The van der Waals surface area contributed by atoms with E-state index in [9.17, 15) is 13.2 Å². The van der Waals surface area contributed by atoms with Gasteiger partial charge in [-0.25, -0.2) is 4.98 Å². The van der Waals surface area contributed by atoms with Gasteiger partial charge in [0.15, 0.2) is 5.96 Å². The van der Waals surface area contributed by atoms with Gasteiger partial charge in [-0.2, -0.15) is 13.2 Å². The number of nitrogens with zero attached hydrogens (tertiary/aromatic N) is 2. The fraction of sp³-hybridized carbons (Fsp3) is 0.375. The summed E-state index contributed by atoms with van der Waals surface area (Å²) < 4.78 is 42.7. The Bertz CT molecular complexity index is 672. The second-order valence-electron chi connectivity index (χ2n) is 5.11. The molecule has 0 aliphatic heterocycles. The van der Waals surface area contributed by atoms with Crippen molar-refractivity contribution in [3.05, 3.63) is 46.3 Å². The number of aromatic nitrogens is 1. The molecule has 5 nitrogen and oxygen atoms in total. The zero-order valence-electron chi connectivity index (χ0n) is 13.8. The fourth-order valence-corrected chi connectivity index (χ4v) is 2.70. The molecule has 1 unspecified atom stereocenters. The molecule has 0 radical (unpaired) electrons. The zero-order valence-corrected chi connectivity index (χ0v) is 14.6. The Kier molecular flexibility index (Phi) is 6.63. The monoisotopic (exact) mass is 372 g/mol. The summed E-state index contributed by atoms with van der Waals surface area (Å²) in [6.07, 6.45) is -3.64. The van der Waals surface area contributed by atoms with Crippen LogP contribution in [0.1, 0.15) is 23.4 Å². The molecule has 2 N–H and O–H groups in total. The van der Waals surface area contributed by atoms with E-state index in [0.717, 1.165) is 12.3 Å². The van der Waals surface area contributed by atoms with Gasteiger partial charge in [-0.05, 0) is 24.4 Å². The topological polar surface area (TPSA) is 58.5 Å². The van der Waals surface area contributed by atoms with Gasteiger partial charge in [-0.3, -0.25) is 4.99 Å². The molecule has 0 bridgehead atoms. The van der Waals surface area contributed by atoms with Gasteiger partial charge < -0.3 is 15.4 Å². The van der Waals surface area contributed by atoms with E-state index in [-0.39, 0.29) is 18.5 Å². The zero-order chi connectivity index (χ0) is 18.3. The number of hydrogen-bond acceptors (Lipinski definition) is 4. The molecule has 9 heteroatoms. The SMILES string of the molecule is CN=C(NCCOc1ccc(C(F)(F)F)cn1)NC(C)c1cccs1. The van der Waals surface area contributed by atoms with Crippen LogP contribution >= 0.6 is 11.3 Å². The Morgan fingerprint density at radius 3 is 2.72 bits per heavy atom. The van der Waals surface area contributed by atoms with E-state index in [0.29, 0.717) is 12.5 Å². The van der Waals surface area contributed by atoms with Crippen molar-refractivity contribution in [1.29, 1.82) is 0 Å². The first-order valence-corrected chi connectivity index (χ1v) is 8.44. The predicted octanol–water partition coefficient (Wildman–Crippen LogP) is 3.47. The van der Waals surface area contributed by atoms with Gasteiger partial charge in [0.25, 0.3) is 0 Å². The van der Waals surface area contributed by atoms with Crippen LogP contribution in [0.3, 0.4) is 0 Å². The van der Waals surface area contributed by atoms with E-state index in [1.165, 1.54) is 10.9 Å². The molecule has 0 amide bonds. The normalized spacial score (nSPS) is 13.4. The molecule has 0 aliphatic rings. The first kappa shape index (κ1) is 19.0. The van der Waals surface area contributed by atoms with E-state index in [4.69, 9.17) is 4.74 Å². The summed E-state index contributed by atoms with van der Waals surface area (Å²) in [7, 11) is 1.66. The highest BCUT2D eigenvalue weighted by Gasteiger charge is 2.30. The molecule has 2 aromatic rings. The van der Waals surface area contributed by atoms with Crippen LogP contribution in [0.25, 0.3) is 0 Å². The third-order valence-corrected chi connectivity index (χ3v) is 4.31. The lowest BCUT2D eigenvalue weighted by atomic mass is 10.3. The molecule has 0 saturated carbocycles. The van der Waals surface area contributed by atoms with Crippen LogP contribution in [0.15, 0.2) is 40.8 Å². The number of hydrogen-bond donors (Lipinski definition) is 2. The molecule has 0 saturated heterocycles. The summed E-state index contributed by atoms with van der Waals surface area (Å²) in [4.78, 5) is 8.96. The van der Waals surface area contributed by atoms with Crippen molar-refractivity contribution in [2.75, 3.05) is 20.2 Å². The van der Waals surface area contributed by atoms with Gasteiger partial charge in [0, 0.05) is 24.2 Å². The lowest BCUT2D eigenvalue weighted by molar-refractivity contribution is -0.137. The lowest BCUT2D eigenvalue weighted by Gasteiger charge is -2.17. The molecule has 0 fully saturated rings. The van der Waals surface area contributed by atoms with Crippen molar-refractivity contribution in [2.24, 2.45) is 4.99 Å². The Morgan fingerprint density at radius 1 is 1.36 bits per heavy atom. The Morgan fingerprint density at radius 2 is 2.16 bits per heavy atom. The lowest BCUT2D eigenvalue weighted by Crippen LogP contribution is -2.40. The number of alkyl halides is 3. The molecule has 2 aromatic heterocycles. The van der Waals surface area contributed by atoms with Crippen molar-refractivity contribution >= 4 is 17.3 Å². The third kappa shape index (κ3) is 5.93. The first-order valence-electron chi connectivity index (χ1n) is 7.57. The minimum Gasteiger partial charge on any atom is -0.476 e. The maximum atomic E-state index is 12.4. The summed E-state index contributed by atoms with van der Waals surface area (Å²) in [5, 5.41) is 8.33. The van der Waals surface area contributed by atoms with E-state index in [1.54, 1.807) is 18.4 Å². The van der Waals surface area contributed by atoms with Crippen molar-refractivity contribution in [3.8, 4) is 5.88 Å². The molecule has 1 atom stereocenters. The van der Waals surface area contributed by atoms with Crippen LogP contribution in [0.5, 0.6) is 5.88 Å². The smallest absolute Gasteiger partial charge is 0.417 e. The average molecular weight is 372 g/mol. The van der Waals surface area contributed by atoms with E-state index in [1.807, 2.05) is 24.4 Å². The van der Waals surface area contributed by atoms with Crippen LogP contribution in [0.2, 0.25) is 0 Å². The van der Waals surface area contributed by atoms with Crippen LogP contribution < -0.4 is 15.4 Å². The number of nitrogens with one attached hydrogen (secondary N) is 2. The summed E-state index contributed by atoms with van der Waals surface area (Å²) in [6.45, 7) is 2.70. The number of guanidine groups is 1. The minimum atomic E-state index is -4.40. The van der Waals surface area contributed by atoms with Gasteiger partial charge in [0.2, 0.25) is 5.88 Å². The van der Waals surface area contributed by atoms with Crippen LogP contribution in [-0.4, -0.2) is 31.1 Å². The predicted molar refractivity (Wildman–Crippen MR) is 92.0 cm³/mol. The van der Waals surface area contributed by atoms with Crippen LogP contribution in [0.4, 0.5) is 13.2 Å². The first-order chi connectivity index (χ1) is 11.9. The van der Waals surface area contributed by atoms with Gasteiger partial charge in [0.1, 0.15) is 6.61 Å². The highest BCUT2D eigenvalue weighted by molar-refractivity contribution is 7.10.